The zero-order chi connectivity index (χ0) is 19.4. The van der Waals surface area contributed by atoms with Gasteiger partial charge in [-0.1, -0.05) is 30.3 Å². The van der Waals surface area contributed by atoms with Crippen LogP contribution in [0.15, 0.2) is 65.9 Å². The Bertz CT molecular complexity index is 904. The van der Waals surface area contributed by atoms with Gasteiger partial charge >= 0.3 is 18.0 Å². The standard InChI is InChI=1S/C20H18N2O5/c1-12-16(19(24)26-2)17(22-20(25)21-12)13-8-10-15(11-9-13)27-18(23)14-6-4-3-5-7-14/h3-11,17H,1-2H3,(H2,21,22,25). The summed E-state index contributed by atoms with van der Waals surface area (Å²) in [5.41, 5.74) is 1.84. The number of hydrogen-bond acceptors (Lipinski definition) is 5. The lowest BCUT2D eigenvalue weighted by molar-refractivity contribution is -0.136. The van der Waals surface area contributed by atoms with E-state index < -0.39 is 24.0 Å². The van der Waals surface area contributed by atoms with Crippen LogP contribution in [0, 0.1) is 0 Å². The Hall–Kier alpha value is -3.61. The lowest BCUT2D eigenvalue weighted by Gasteiger charge is -2.27. The van der Waals surface area contributed by atoms with Gasteiger partial charge in [0.1, 0.15) is 5.75 Å². The number of amides is 2. The number of esters is 2. The summed E-state index contributed by atoms with van der Waals surface area (Å²) in [6, 6.07) is 14.1. The van der Waals surface area contributed by atoms with Gasteiger partial charge in [0, 0.05) is 5.70 Å². The smallest absolute Gasteiger partial charge is 0.343 e. The predicted molar refractivity (Wildman–Crippen MR) is 97.0 cm³/mol. The second-order valence-electron chi connectivity index (χ2n) is 5.89. The first-order chi connectivity index (χ1) is 13.0. The summed E-state index contributed by atoms with van der Waals surface area (Å²) < 4.78 is 10.2. The van der Waals surface area contributed by atoms with E-state index in [-0.39, 0.29) is 0 Å². The van der Waals surface area contributed by atoms with Crippen molar-refractivity contribution in [2.45, 2.75) is 13.0 Å². The minimum Gasteiger partial charge on any atom is -0.466 e. The molecular weight excluding hydrogens is 348 g/mol. The van der Waals surface area contributed by atoms with Crippen LogP contribution in [0.25, 0.3) is 0 Å². The van der Waals surface area contributed by atoms with Crippen LogP contribution < -0.4 is 15.4 Å². The molecule has 1 heterocycles. The van der Waals surface area contributed by atoms with E-state index in [0.29, 0.717) is 28.1 Å². The monoisotopic (exact) mass is 366 g/mol. The summed E-state index contributed by atoms with van der Waals surface area (Å²) in [4.78, 5) is 36.0. The molecule has 2 N–H and O–H groups in total. The number of allylic oxidation sites excluding steroid dienone is 1. The van der Waals surface area contributed by atoms with Crippen molar-refractivity contribution in [3.05, 3.63) is 77.0 Å². The van der Waals surface area contributed by atoms with E-state index in [1.807, 2.05) is 6.07 Å². The Balaban J connectivity index is 1.82. The zero-order valence-corrected chi connectivity index (χ0v) is 14.8. The molecule has 0 aliphatic carbocycles. The fourth-order valence-electron chi connectivity index (χ4n) is 2.79. The number of urea groups is 1. The van der Waals surface area contributed by atoms with Crippen LogP contribution in [-0.4, -0.2) is 25.1 Å². The first-order valence-electron chi connectivity index (χ1n) is 8.23. The molecule has 138 valence electrons. The van der Waals surface area contributed by atoms with Crippen LogP contribution in [0.4, 0.5) is 4.79 Å². The molecule has 0 radical (unpaired) electrons. The lowest BCUT2D eigenvalue weighted by Crippen LogP contribution is -2.45. The molecule has 1 atom stereocenters. The van der Waals surface area contributed by atoms with Gasteiger partial charge in [-0.05, 0) is 36.8 Å². The highest BCUT2D eigenvalue weighted by atomic mass is 16.5. The third-order valence-corrected chi connectivity index (χ3v) is 4.11. The number of nitrogens with one attached hydrogen (secondary N) is 2. The largest absolute Gasteiger partial charge is 0.466 e. The van der Waals surface area contributed by atoms with Crippen molar-refractivity contribution >= 4 is 18.0 Å². The van der Waals surface area contributed by atoms with Crippen molar-refractivity contribution in [2.75, 3.05) is 7.11 Å². The summed E-state index contributed by atoms with van der Waals surface area (Å²) >= 11 is 0. The lowest BCUT2D eigenvalue weighted by atomic mass is 9.95. The summed E-state index contributed by atoms with van der Waals surface area (Å²) in [5.74, 6) is -0.651. The minimum absolute atomic E-state index is 0.311. The fraction of sp³-hybridized carbons (Fsp3) is 0.150. The molecule has 2 aromatic carbocycles. The first-order valence-corrected chi connectivity index (χ1v) is 8.23. The van der Waals surface area contributed by atoms with Crippen LogP contribution in [0.1, 0.15) is 28.9 Å². The Labute approximate surface area is 156 Å². The molecule has 1 unspecified atom stereocenters. The first kappa shape index (κ1) is 18.2. The molecule has 27 heavy (non-hydrogen) atoms. The molecule has 7 heteroatoms. The van der Waals surface area contributed by atoms with Crippen molar-refractivity contribution in [3.63, 3.8) is 0 Å². The average molecular weight is 366 g/mol. The molecular formula is C20H18N2O5. The molecule has 1 aliphatic heterocycles. The molecule has 0 aromatic heterocycles. The van der Waals surface area contributed by atoms with Gasteiger partial charge in [0.25, 0.3) is 0 Å². The topological polar surface area (TPSA) is 93.7 Å². The zero-order valence-electron chi connectivity index (χ0n) is 14.8. The number of hydrogen-bond donors (Lipinski definition) is 2. The fourth-order valence-corrected chi connectivity index (χ4v) is 2.79. The summed E-state index contributed by atoms with van der Waals surface area (Å²) in [6.45, 7) is 1.63. The van der Waals surface area contributed by atoms with Crippen LogP contribution in [-0.2, 0) is 9.53 Å². The maximum atomic E-state index is 12.1. The second-order valence-corrected chi connectivity index (χ2v) is 5.89. The van der Waals surface area contributed by atoms with Gasteiger partial charge in [0.2, 0.25) is 0 Å². The molecule has 0 saturated heterocycles. The molecule has 0 saturated carbocycles. The van der Waals surface area contributed by atoms with Gasteiger partial charge < -0.3 is 20.1 Å². The Morgan fingerprint density at radius 2 is 1.63 bits per heavy atom. The average Bonchev–Trinajstić information content (AvgIpc) is 2.68. The third-order valence-electron chi connectivity index (χ3n) is 4.11. The van der Waals surface area contributed by atoms with Crippen molar-refractivity contribution in [3.8, 4) is 5.75 Å². The molecule has 2 aromatic rings. The van der Waals surface area contributed by atoms with E-state index in [2.05, 4.69) is 10.6 Å². The molecule has 7 nitrogen and oxygen atoms in total. The molecule has 2 amide bonds. The third kappa shape index (κ3) is 3.98. The van der Waals surface area contributed by atoms with Crippen LogP contribution in [0.2, 0.25) is 0 Å². The van der Waals surface area contributed by atoms with Crippen molar-refractivity contribution in [1.29, 1.82) is 0 Å². The highest BCUT2D eigenvalue weighted by molar-refractivity contribution is 5.95. The van der Waals surface area contributed by atoms with E-state index >= 15 is 0 Å². The Morgan fingerprint density at radius 3 is 2.26 bits per heavy atom. The highest BCUT2D eigenvalue weighted by Crippen LogP contribution is 2.28. The van der Waals surface area contributed by atoms with E-state index in [1.165, 1.54) is 7.11 Å². The van der Waals surface area contributed by atoms with Gasteiger partial charge in [-0.25, -0.2) is 14.4 Å². The highest BCUT2D eigenvalue weighted by Gasteiger charge is 2.31. The summed E-state index contributed by atoms with van der Waals surface area (Å²) in [5, 5.41) is 5.26. The normalized spacial score (nSPS) is 16.2. The molecule has 0 bridgehead atoms. The molecule has 1 aliphatic rings. The minimum atomic E-state index is -0.662. The molecule has 3 rings (SSSR count). The van der Waals surface area contributed by atoms with Gasteiger partial charge in [-0.15, -0.1) is 0 Å². The van der Waals surface area contributed by atoms with Gasteiger partial charge in [-0.3, -0.25) is 0 Å². The van der Waals surface area contributed by atoms with Gasteiger partial charge in [-0.2, -0.15) is 0 Å². The number of ether oxygens (including phenoxy) is 2. The molecule has 0 spiro atoms. The second kappa shape index (κ2) is 7.74. The maximum Gasteiger partial charge on any atom is 0.343 e. The van der Waals surface area contributed by atoms with Gasteiger partial charge in [0.05, 0.1) is 24.3 Å². The van der Waals surface area contributed by atoms with Crippen LogP contribution in [0.3, 0.4) is 0 Å². The number of rotatable bonds is 4. The number of carbonyl (C=O) groups is 3. The summed E-state index contributed by atoms with van der Waals surface area (Å²) in [7, 11) is 1.28. The predicted octanol–water partition coefficient (Wildman–Crippen LogP) is 2.71. The number of methoxy groups -OCH3 is 1. The SMILES string of the molecule is COC(=O)C1=C(C)NC(=O)NC1c1ccc(OC(=O)c2ccccc2)cc1. The number of benzene rings is 2. The van der Waals surface area contributed by atoms with Crippen LogP contribution >= 0.6 is 0 Å². The molecule has 0 fully saturated rings. The summed E-state index contributed by atoms with van der Waals surface area (Å²) in [6.07, 6.45) is 0. The Morgan fingerprint density at radius 1 is 0.963 bits per heavy atom. The van der Waals surface area contributed by atoms with E-state index in [1.54, 1.807) is 55.5 Å². The quantitative estimate of drug-likeness (QED) is 0.641. The van der Waals surface area contributed by atoms with E-state index in [4.69, 9.17) is 9.47 Å². The van der Waals surface area contributed by atoms with Crippen molar-refractivity contribution in [1.82, 2.24) is 10.6 Å². The van der Waals surface area contributed by atoms with Crippen molar-refractivity contribution in [2.24, 2.45) is 0 Å². The van der Waals surface area contributed by atoms with Gasteiger partial charge in [0.15, 0.2) is 0 Å². The van der Waals surface area contributed by atoms with E-state index in [0.717, 1.165) is 0 Å². The van der Waals surface area contributed by atoms with Crippen LogP contribution in [0.5, 0.6) is 5.75 Å². The Kier molecular flexibility index (Phi) is 5.21. The van der Waals surface area contributed by atoms with E-state index in [9.17, 15) is 14.4 Å². The maximum absolute atomic E-state index is 12.1. The van der Waals surface area contributed by atoms with Crippen molar-refractivity contribution < 1.29 is 23.9 Å². The number of carbonyl (C=O) groups excluding carboxylic acids is 3.